The summed E-state index contributed by atoms with van der Waals surface area (Å²) in [6, 6.07) is 5.25. The Morgan fingerprint density at radius 3 is 2.70 bits per heavy atom. The first kappa shape index (κ1) is 28.3. The van der Waals surface area contributed by atoms with E-state index in [1.165, 1.54) is 29.4 Å². The molecule has 8 rings (SSSR count). The number of rotatable bonds is 8. The van der Waals surface area contributed by atoms with Gasteiger partial charge in [-0.15, -0.1) is 5.10 Å². The molecule has 1 N–H and O–H groups in total. The molecule has 2 aromatic heterocycles. The van der Waals surface area contributed by atoms with Crippen LogP contribution in [0.5, 0.6) is 11.5 Å². The largest absolute Gasteiger partial charge is 0.490 e. The molecular formula is C31H28F2N6O7. The number of aromatic carboxylic acids is 1. The number of benzene rings is 2. The number of nitrogens with zero attached hydrogens (tertiary/aromatic N) is 6. The predicted molar refractivity (Wildman–Crippen MR) is 158 cm³/mol. The van der Waals surface area contributed by atoms with Gasteiger partial charge in [-0.2, -0.15) is 0 Å². The number of hydrogen-bond acceptors (Lipinski definition) is 9. The van der Waals surface area contributed by atoms with Gasteiger partial charge in [0.05, 0.1) is 48.5 Å². The van der Waals surface area contributed by atoms with E-state index in [-0.39, 0.29) is 60.3 Å². The molecule has 2 aromatic carbocycles. The predicted octanol–water partition coefficient (Wildman–Crippen LogP) is 3.60. The minimum absolute atomic E-state index is 0.00951. The summed E-state index contributed by atoms with van der Waals surface area (Å²) in [5, 5.41) is 17.2. The second-order valence-corrected chi connectivity index (χ2v) is 12.1. The van der Waals surface area contributed by atoms with Crippen LogP contribution in [-0.4, -0.2) is 75.2 Å². The van der Waals surface area contributed by atoms with Gasteiger partial charge in [-0.1, -0.05) is 5.21 Å². The van der Waals surface area contributed by atoms with E-state index in [4.69, 9.17) is 14.2 Å². The van der Waals surface area contributed by atoms with Gasteiger partial charge in [-0.3, -0.25) is 9.69 Å². The van der Waals surface area contributed by atoms with Crippen LogP contribution in [-0.2, 0) is 11.3 Å². The van der Waals surface area contributed by atoms with E-state index in [2.05, 4.69) is 10.3 Å². The van der Waals surface area contributed by atoms with E-state index in [1.807, 2.05) is 4.90 Å². The highest BCUT2D eigenvalue weighted by atomic mass is 19.1. The van der Waals surface area contributed by atoms with Crippen LogP contribution in [0, 0.1) is 17.6 Å². The Bertz CT molecular complexity index is 1950. The molecule has 0 spiro atoms. The number of carboxylic acids is 1. The maximum absolute atomic E-state index is 15.7. The first-order valence-electron chi connectivity index (χ1n) is 15.0. The van der Waals surface area contributed by atoms with Gasteiger partial charge in [-0.05, 0) is 37.5 Å². The molecule has 1 saturated carbocycles. The van der Waals surface area contributed by atoms with Gasteiger partial charge in [0.25, 0.3) is 0 Å². The molecular weight excluding hydrogens is 606 g/mol. The van der Waals surface area contributed by atoms with Gasteiger partial charge in [0, 0.05) is 37.0 Å². The third-order valence-electron chi connectivity index (χ3n) is 9.02. The van der Waals surface area contributed by atoms with Crippen LogP contribution in [0.2, 0.25) is 0 Å². The third kappa shape index (κ3) is 4.77. The summed E-state index contributed by atoms with van der Waals surface area (Å²) in [6.07, 6.45) is 5.72. The van der Waals surface area contributed by atoms with Gasteiger partial charge in [0.1, 0.15) is 24.0 Å². The summed E-state index contributed by atoms with van der Waals surface area (Å²) in [4.78, 5) is 40.5. The highest BCUT2D eigenvalue weighted by Crippen LogP contribution is 2.48. The fourth-order valence-corrected chi connectivity index (χ4v) is 6.73. The van der Waals surface area contributed by atoms with Crippen molar-refractivity contribution < 1.29 is 37.7 Å². The van der Waals surface area contributed by atoms with E-state index in [9.17, 15) is 19.5 Å². The van der Waals surface area contributed by atoms with Gasteiger partial charge >= 0.3 is 12.1 Å². The maximum atomic E-state index is 15.7. The standard InChI is InChI=1S/C31H28F2N6O7/c32-23-8-18(39-12-20(46-31(39)43)11-36-6-5-34-35-36)3-4-25(23)44-14-16-7-19-15-45-29-26-21(9-24(33)27(29)37(19)10-16)28(40)22(30(41)42)13-38(26)17-1-2-17/h3-6,8-9,13,16-17,19-20H,1-2,7,10-12,14-15H2,(H,41,42)/t16?,19?,20-/m0/s1. The number of hydrogen-bond donors (Lipinski definition) is 1. The molecule has 1 amide bonds. The lowest BCUT2D eigenvalue weighted by molar-refractivity contribution is 0.0694. The number of amides is 1. The number of anilines is 2. The number of cyclic esters (lactones) is 1. The smallest absolute Gasteiger partial charge is 0.414 e. The Morgan fingerprint density at radius 2 is 1.96 bits per heavy atom. The van der Waals surface area contributed by atoms with E-state index in [0.29, 0.717) is 30.7 Å². The Hall–Kier alpha value is -5.21. The molecule has 3 atom stereocenters. The summed E-state index contributed by atoms with van der Waals surface area (Å²) in [5.41, 5.74) is -0.177. The van der Waals surface area contributed by atoms with Crippen LogP contribution in [0.15, 0.2) is 47.7 Å². The molecule has 238 valence electrons. The van der Waals surface area contributed by atoms with Crippen LogP contribution in [0.3, 0.4) is 0 Å². The zero-order valence-electron chi connectivity index (χ0n) is 24.3. The van der Waals surface area contributed by atoms with Crippen molar-refractivity contribution >= 4 is 34.3 Å². The van der Waals surface area contributed by atoms with Crippen LogP contribution >= 0.6 is 0 Å². The first-order valence-corrected chi connectivity index (χ1v) is 15.0. The van der Waals surface area contributed by atoms with Crippen LogP contribution in [0.25, 0.3) is 10.9 Å². The molecule has 1 aliphatic carbocycles. The Kier molecular flexibility index (Phi) is 6.58. The molecule has 46 heavy (non-hydrogen) atoms. The maximum Gasteiger partial charge on any atom is 0.414 e. The summed E-state index contributed by atoms with van der Waals surface area (Å²) in [7, 11) is 0. The van der Waals surface area contributed by atoms with Crippen LogP contribution < -0.4 is 24.7 Å². The Morgan fingerprint density at radius 1 is 1.11 bits per heavy atom. The molecule has 3 fully saturated rings. The van der Waals surface area contributed by atoms with Crippen LogP contribution in [0.1, 0.15) is 35.7 Å². The lowest BCUT2D eigenvalue weighted by Crippen LogP contribution is -2.39. The zero-order chi connectivity index (χ0) is 31.7. The fraction of sp³-hybridized carbons (Fsp3) is 0.387. The molecule has 0 bridgehead atoms. The third-order valence-corrected chi connectivity index (χ3v) is 9.02. The summed E-state index contributed by atoms with van der Waals surface area (Å²) < 4.78 is 51.5. The highest BCUT2D eigenvalue weighted by Gasteiger charge is 2.41. The first-order chi connectivity index (χ1) is 22.2. The number of ether oxygens (including phenoxy) is 3. The van der Waals surface area contributed by atoms with E-state index < -0.39 is 40.8 Å². The van der Waals surface area contributed by atoms with Gasteiger partial charge < -0.3 is 28.8 Å². The van der Waals surface area contributed by atoms with Crippen molar-refractivity contribution in [3.05, 3.63) is 70.3 Å². The SMILES string of the molecule is O=C(O)c1cn(C2CC2)c2c3c(c(F)cc2c1=O)N1CC(COc2ccc(N4C[C@H](Cn5ccnn5)OC4=O)cc2F)CC1CO3. The summed E-state index contributed by atoms with van der Waals surface area (Å²) >= 11 is 0. The second kappa shape index (κ2) is 10.7. The summed E-state index contributed by atoms with van der Waals surface area (Å²) in [6.45, 7) is 1.37. The number of carbonyl (C=O) groups is 2. The van der Waals surface area contributed by atoms with Gasteiger partial charge in [0.2, 0.25) is 5.43 Å². The van der Waals surface area contributed by atoms with Crippen molar-refractivity contribution in [3.8, 4) is 11.5 Å². The molecule has 15 heteroatoms. The molecule has 5 heterocycles. The Balaban J connectivity index is 0.982. The minimum atomic E-state index is -1.36. The van der Waals surface area contributed by atoms with Crippen molar-refractivity contribution in [3.63, 3.8) is 0 Å². The van der Waals surface area contributed by atoms with E-state index in [0.717, 1.165) is 18.9 Å². The van der Waals surface area contributed by atoms with Crippen molar-refractivity contribution in [2.75, 3.05) is 36.1 Å². The van der Waals surface area contributed by atoms with Crippen molar-refractivity contribution in [2.45, 2.75) is 44.0 Å². The lowest BCUT2D eigenvalue weighted by Gasteiger charge is -2.34. The fourth-order valence-electron chi connectivity index (χ4n) is 6.73. The van der Waals surface area contributed by atoms with Gasteiger partial charge in [-0.25, -0.2) is 23.1 Å². The molecule has 4 aliphatic rings. The molecule has 2 unspecified atom stereocenters. The van der Waals surface area contributed by atoms with Crippen molar-refractivity contribution in [2.24, 2.45) is 5.92 Å². The lowest BCUT2D eigenvalue weighted by atomic mass is 10.1. The molecule has 4 aromatic rings. The number of aromatic nitrogens is 4. The molecule has 0 radical (unpaired) electrons. The van der Waals surface area contributed by atoms with Crippen molar-refractivity contribution in [1.82, 2.24) is 19.6 Å². The molecule has 2 saturated heterocycles. The van der Waals surface area contributed by atoms with Crippen LogP contribution in [0.4, 0.5) is 25.0 Å². The number of fused-ring (bicyclic) bond motifs is 5. The molecule has 3 aliphatic heterocycles. The Labute approximate surface area is 259 Å². The number of carboxylic acid groups (broad SMARTS) is 1. The van der Waals surface area contributed by atoms with Gasteiger partial charge in [0.15, 0.2) is 23.1 Å². The number of halogens is 2. The number of pyridine rings is 1. The highest BCUT2D eigenvalue weighted by molar-refractivity contribution is 5.97. The zero-order valence-corrected chi connectivity index (χ0v) is 24.3. The van der Waals surface area contributed by atoms with Crippen molar-refractivity contribution in [1.29, 1.82) is 0 Å². The van der Waals surface area contributed by atoms with E-state index >= 15 is 8.78 Å². The monoisotopic (exact) mass is 634 g/mol. The summed E-state index contributed by atoms with van der Waals surface area (Å²) in [5.74, 6) is -2.48. The minimum Gasteiger partial charge on any atom is -0.490 e. The topological polar surface area (TPSA) is 141 Å². The normalized spacial score (nSPS) is 22.0. The average molecular weight is 635 g/mol. The second-order valence-electron chi connectivity index (χ2n) is 12.1. The average Bonchev–Trinajstić information content (AvgIpc) is 3.39. The quantitative estimate of drug-likeness (QED) is 0.306. The van der Waals surface area contributed by atoms with E-state index in [1.54, 1.807) is 21.5 Å². The molecule has 13 nitrogen and oxygen atoms in total. The number of carbonyl (C=O) groups excluding carboxylic acids is 1.